The first-order valence-corrected chi connectivity index (χ1v) is 7.56. The summed E-state index contributed by atoms with van der Waals surface area (Å²) in [6, 6.07) is 8.63. The maximum absolute atomic E-state index is 5.00. The van der Waals surface area contributed by atoms with E-state index < -0.39 is 0 Å². The van der Waals surface area contributed by atoms with Crippen LogP contribution >= 0.6 is 0 Å². The summed E-state index contributed by atoms with van der Waals surface area (Å²) in [7, 11) is 2.03. The molecular formula is C17H25N3O+2. The van der Waals surface area contributed by atoms with E-state index in [1.165, 1.54) is 30.4 Å². The summed E-state index contributed by atoms with van der Waals surface area (Å²) < 4.78 is 4.29. The van der Waals surface area contributed by atoms with Crippen molar-refractivity contribution in [2.45, 2.75) is 32.2 Å². The monoisotopic (exact) mass is 287 g/mol. The summed E-state index contributed by atoms with van der Waals surface area (Å²) in [4.78, 5) is 4.56. The van der Waals surface area contributed by atoms with Crippen molar-refractivity contribution < 1.29 is 14.0 Å². The van der Waals surface area contributed by atoms with Gasteiger partial charge in [-0.25, -0.2) is 15.0 Å². The van der Waals surface area contributed by atoms with Crippen molar-refractivity contribution in [1.82, 2.24) is 0 Å². The molecule has 2 N–H and O–H groups in total. The Morgan fingerprint density at radius 2 is 1.43 bits per heavy atom. The molecule has 0 saturated heterocycles. The zero-order valence-electron chi connectivity index (χ0n) is 12.7. The normalized spacial score (nSPS) is 10.8. The van der Waals surface area contributed by atoms with Crippen molar-refractivity contribution >= 4 is 0 Å². The molecule has 0 fully saturated rings. The van der Waals surface area contributed by atoms with Gasteiger partial charge in [0.25, 0.3) is 0 Å². The van der Waals surface area contributed by atoms with Crippen molar-refractivity contribution in [3.63, 3.8) is 0 Å². The Bertz CT molecular complexity index is 523. The molecule has 2 rings (SSSR count). The molecule has 0 aliphatic rings. The quantitative estimate of drug-likeness (QED) is 0.458. The molecule has 21 heavy (non-hydrogen) atoms. The molecule has 2 heterocycles. The highest BCUT2D eigenvalue weighted by Gasteiger charge is 2.04. The maximum Gasteiger partial charge on any atom is 0.169 e. The number of hydrogen-bond donors (Lipinski definition) is 1. The lowest BCUT2D eigenvalue weighted by Crippen LogP contribution is -2.32. The first-order valence-electron chi connectivity index (χ1n) is 7.56. The number of aryl methyl sites for hydroxylation is 2. The van der Waals surface area contributed by atoms with Gasteiger partial charge in [0.05, 0.1) is 6.61 Å². The van der Waals surface area contributed by atoms with E-state index in [1.807, 2.05) is 11.6 Å². The largest absolute Gasteiger partial charge is 0.305 e. The smallest absolute Gasteiger partial charge is 0.169 e. The number of rotatable bonds is 8. The predicted octanol–water partition coefficient (Wildman–Crippen LogP) is 1.92. The summed E-state index contributed by atoms with van der Waals surface area (Å²) >= 11 is 0. The third-order valence-electron chi connectivity index (χ3n) is 3.63. The molecule has 0 aliphatic carbocycles. The number of pyridine rings is 2. The lowest BCUT2D eigenvalue weighted by atomic mass is 10.1. The highest BCUT2D eigenvalue weighted by Crippen LogP contribution is 2.15. The van der Waals surface area contributed by atoms with Crippen molar-refractivity contribution in [2.24, 2.45) is 12.9 Å². The van der Waals surface area contributed by atoms with Crippen LogP contribution in [0.2, 0.25) is 0 Å². The summed E-state index contributed by atoms with van der Waals surface area (Å²) in [5.74, 6) is 5.00. The van der Waals surface area contributed by atoms with Gasteiger partial charge < -0.3 is 4.84 Å². The average molecular weight is 287 g/mol. The van der Waals surface area contributed by atoms with Gasteiger partial charge >= 0.3 is 0 Å². The van der Waals surface area contributed by atoms with E-state index >= 15 is 0 Å². The minimum atomic E-state index is 0.663. The van der Waals surface area contributed by atoms with E-state index in [9.17, 15) is 0 Å². The minimum absolute atomic E-state index is 0.663. The molecule has 0 aromatic carbocycles. The Morgan fingerprint density at radius 3 is 2.05 bits per heavy atom. The Hall–Kier alpha value is -1.78. The van der Waals surface area contributed by atoms with Gasteiger partial charge in [0, 0.05) is 30.7 Å². The van der Waals surface area contributed by atoms with Gasteiger partial charge in [-0.3, -0.25) is 0 Å². The predicted molar refractivity (Wildman–Crippen MR) is 81.9 cm³/mol. The number of hydrogen-bond acceptors (Lipinski definition) is 2. The van der Waals surface area contributed by atoms with Crippen LogP contribution in [0.1, 0.15) is 25.7 Å². The Balaban J connectivity index is 1.80. The molecule has 0 amide bonds. The third kappa shape index (κ3) is 5.25. The Labute approximate surface area is 126 Å². The average Bonchev–Trinajstić information content (AvgIpc) is 2.52. The van der Waals surface area contributed by atoms with Gasteiger partial charge in [0.2, 0.25) is 0 Å². The molecule has 0 aliphatic heterocycles. The maximum atomic E-state index is 5.00. The highest BCUT2D eigenvalue weighted by atomic mass is 16.6. The van der Waals surface area contributed by atoms with Crippen LogP contribution in [-0.2, 0) is 18.4 Å². The Morgan fingerprint density at radius 1 is 0.857 bits per heavy atom. The van der Waals surface area contributed by atoms with E-state index in [-0.39, 0.29) is 0 Å². The van der Waals surface area contributed by atoms with Crippen LogP contribution < -0.4 is 15.0 Å². The highest BCUT2D eigenvalue weighted by molar-refractivity contribution is 5.60. The Kier molecular flexibility index (Phi) is 6.31. The summed E-state index contributed by atoms with van der Waals surface area (Å²) in [5, 5.41) is 0. The van der Waals surface area contributed by atoms with Crippen molar-refractivity contribution in [2.75, 3.05) is 6.61 Å². The van der Waals surface area contributed by atoms with Crippen molar-refractivity contribution in [1.29, 1.82) is 0 Å². The molecule has 4 heteroatoms. The van der Waals surface area contributed by atoms with Gasteiger partial charge in [0.15, 0.2) is 24.8 Å². The van der Waals surface area contributed by atoms with Gasteiger partial charge in [0.1, 0.15) is 13.6 Å². The van der Waals surface area contributed by atoms with E-state index in [2.05, 4.69) is 58.5 Å². The molecule has 2 aromatic heterocycles. The fourth-order valence-corrected chi connectivity index (χ4v) is 2.33. The van der Waals surface area contributed by atoms with Crippen molar-refractivity contribution in [3.05, 3.63) is 49.1 Å². The van der Waals surface area contributed by atoms with E-state index in [1.54, 1.807) is 0 Å². The summed E-state index contributed by atoms with van der Waals surface area (Å²) in [6.45, 7) is 1.73. The van der Waals surface area contributed by atoms with E-state index in [4.69, 9.17) is 5.90 Å². The molecule has 4 nitrogen and oxygen atoms in total. The lowest BCUT2D eigenvalue weighted by molar-refractivity contribution is -0.697. The summed E-state index contributed by atoms with van der Waals surface area (Å²) in [5.41, 5.74) is 2.51. The van der Waals surface area contributed by atoms with Gasteiger partial charge in [-0.15, -0.1) is 0 Å². The first-order chi connectivity index (χ1) is 10.3. The van der Waals surface area contributed by atoms with E-state index in [0.29, 0.717) is 6.61 Å². The van der Waals surface area contributed by atoms with Crippen LogP contribution in [0.5, 0.6) is 0 Å². The molecule has 112 valence electrons. The number of unbranched alkanes of at least 4 members (excludes halogenated alkanes) is 3. The van der Waals surface area contributed by atoms with Gasteiger partial charge in [-0.2, -0.15) is 0 Å². The lowest BCUT2D eigenvalue weighted by Gasteiger charge is -2.01. The van der Waals surface area contributed by atoms with Gasteiger partial charge in [-0.05, 0) is 24.0 Å². The van der Waals surface area contributed by atoms with Crippen molar-refractivity contribution in [3.8, 4) is 11.1 Å². The molecule has 0 bridgehead atoms. The van der Waals surface area contributed by atoms with Crippen LogP contribution in [0.25, 0.3) is 11.1 Å². The number of aromatic nitrogens is 2. The number of nitrogens with two attached hydrogens (primary N) is 1. The second kappa shape index (κ2) is 8.49. The molecule has 0 radical (unpaired) electrons. The zero-order valence-corrected chi connectivity index (χ0v) is 12.7. The molecule has 0 saturated carbocycles. The zero-order chi connectivity index (χ0) is 14.9. The van der Waals surface area contributed by atoms with Crippen LogP contribution in [-0.4, -0.2) is 6.61 Å². The topological polar surface area (TPSA) is 43.0 Å². The minimum Gasteiger partial charge on any atom is -0.305 e. The molecule has 0 atom stereocenters. The third-order valence-corrected chi connectivity index (χ3v) is 3.63. The standard InChI is InChI=1S/C17H25N3O/c1-19-11-6-16(7-12-19)17-8-13-20(14-9-17)10-4-2-3-5-15-21-18/h6-9,11-14H,2-5,10,15,18H2,1H3/q+2. The van der Waals surface area contributed by atoms with Crippen LogP contribution in [0, 0.1) is 0 Å². The molecular weight excluding hydrogens is 262 g/mol. The second-order valence-corrected chi connectivity index (χ2v) is 5.36. The first kappa shape index (κ1) is 15.6. The SMILES string of the molecule is C[n+]1ccc(-c2cc[n+](CCCCCCON)cc2)cc1. The second-order valence-electron chi connectivity index (χ2n) is 5.36. The molecule has 0 spiro atoms. The fraction of sp³-hybridized carbons (Fsp3) is 0.412. The van der Waals surface area contributed by atoms with Crippen LogP contribution in [0.3, 0.4) is 0 Å². The van der Waals surface area contributed by atoms with Gasteiger partial charge in [-0.1, -0.05) is 6.42 Å². The van der Waals surface area contributed by atoms with E-state index in [0.717, 1.165) is 13.0 Å². The van der Waals surface area contributed by atoms with Crippen LogP contribution in [0.4, 0.5) is 0 Å². The molecule has 0 unspecified atom stereocenters. The molecule has 2 aromatic rings. The number of nitrogens with zero attached hydrogens (tertiary/aromatic N) is 2. The fourth-order valence-electron chi connectivity index (χ4n) is 2.33. The summed E-state index contributed by atoms with van der Waals surface area (Å²) in [6.07, 6.45) is 13.1. The van der Waals surface area contributed by atoms with Crippen LogP contribution in [0.15, 0.2) is 49.1 Å².